The number of likely N-dealkylation sites (tertiary alicyclic amines) is 1. The Kier molecular flexibility index (Phi) is 4.05. The SMILES string of the molecule is O=C(c1cn[nH]c1)N1CCCCC1C1CCCCC1O. The number of aliphatic hydroxyl groups is 1. The molecule has 1 amide bonds. The fourth-order valence-electron chi connectivity index (χ4n) is 3.78. The lowest BCUT2D eigenvalue weighted by Crippen LogP contribution is -2.51. The molecule has 0 aromatic carbocycles. The number of nitrogens with zero attached hydrogens (tertiary/aromatic N) is 2. The van der Waals surface area contributed by atoms with E-state index in [9.17, 15) is 9.90 Å². The molecule has 1 aromatic heterocycles. The summed E-state index contributed by atoms with van der Waals surface area (Å²) in [5, 5.41) is 16.9. The number of aliphatic hydroxyl groups excluding tert-OH is 1. The second-order valence-corrected chi connectivity index (χ2v) is 6.06. The van der Waals surface area contributed by atoms with Gasteiger partial charge in [-0.2, -0.15) is 5.10 Å². The molecule has 2 heterocycles. The number of carbonyl (C=O) groups is 1. The normalized spacial score (nSPS) is 31.2. The molecule has 3 rings (SSSR count). The number of H-pyrrole nitrogens is 1. The molecule has 1 saturated heterocycles. The van der Waals surface area contributed by atoms with Crippen molar-refractivity contribution >= 4 is 5.91 Å². The lowest BCUT2D eigenvalue weighted by atomic mass is 9.78. The summed E-state index contributed by atoms with van der Waals surface area (Å²) in [6.07, 6.45) is 10.4. The van der Waals surface area contributed by atoms with E-state index in [1.54, 1.807) is 12.4 Å². The van der Waals surface area contributed by atoms with Gasteiger partial charge >= 0.3 is 0 Å². The topological polar surface area (TPSA) is 69.2 Å². The van der Waals surface area contributed by atoms with Gasteiger partial charge in [0.1, 0.15) is 0 Å². The number of amides is 1. The highest BCUT2D eigenvalue weighted by Crippen LogP contribution is 2.34. The van der Waals surface area contributed by atoms with E-state index in [1.807, 2.05) is 4.90 Å². The minimum absolute atomic E-state index is 0.0567. The number of nitrogens with one attached hydrogen (secondary N) is 1. The molecule has 0 radical (unpaired) electrons. The predicted molar refractivity (Wildman–Crippen MR) is 75.2 cm³/mol. The van der Waals surface area contributed by atoms with E-state index in [2.05, 4.69) is 10.2 Å². The molecule has 5 heteroatoms. The minimum atomic E-state index is -0.244. The molecule has 3 unspecified atom stereocenters. The molecule has 1 aliphatic heterocycles. The van der Waals surface area contributed by atoms with Gasteiger partial charge in [-0.05, 0) is 32.1 Å². The molecule has 110 valence electrons. The summed E-state index contributed by atoms with van der Waals surface area (Å²) in [5.74, 6) is 0.307. The number of piperidine rings is 1. The van der Waals surface area contributed by atoms with Crippen LogP contribution in [0.15, 0.2) is 12.4 Å². The summed E-state index contributed by atoms with van der Waals surface area (Å²) < 4.78 is 0. The molecule has 0 bridgehead atoms. The highest BCUT2D eigenvalue weighted by atomic mass is 16.3. The molecule has 5 nitrogen and oxygen atoms in total. The van der Waals surface area contributed by atoms with Crippen LogP contribution in [0.1, 0.15) is 55.3 Å². The van der Waals surface area contributed by atoms with E-state index in [0.717, 1.165) is 45.1 Å². The maximum Gasteiger partial charge on any atom is 0.257 e. The molecule has 3 atom stereocenters. The van der Waals surface area contributed by atoms with Gasteiger partial charge in [-0.25, -0.2) is 0 Å². The monoisotopic (exact) mass is 277 g/mol. The van der Waals surface area contributed by atoms with Gasteiger partial charge in [0.25, 0.3) is 5.91 Å². The zero-order valence-corrected chi connectivity index (χ0v) is 11.8. The van der Waals surface area contributed by atoms with Crippen LogP contribution >= 0.6 is 0 Å². The predicted octanol–water partition coefficient (Wildman–Crippen LogP) is 1.96. The van der Waals surface area contributed by atoms with Crippen LogP contribution in [0.3, 0.4) is 0 Å². The number of aromatic nitrogens is 2. The largest absolute Gasteiger partial charge is 0.393 e. The molecular formula is C15H23N3O2. The Morgan fingerprint density at radius 2 is 2.05 bits per heavy atom. The molecule has 2 N–H and O–H groups in total. The van der Waals surface area contributed by atoms with Gasteiger partial charge in [-0.1, -0.05) is 12.8 Å². The van der Waals surface area contributed by atoms with E-state index in [1.165, 1.54) is 6.42 Å². The third-order valence-electron chi connectivity index (χ3n) is 4.83. The van der Waals surface area contributed by atoms with Crippen molar-refractivity contribution in [2.24, 2.45) is 5.92 Å². The smallest absolute Gasteiger partial charge is 0.257 e. The maximum atomic E-state index is 12.6. The minimum Gasteiger partial charge on any atom is -0.393 e. The first kappa shape index (κ1) is 13.6. The van der Waals surface area contributed by atoms with Crippen molar-refractivity contribution in [1.82, 2.24) is 15.1 Å². The zero-order valence-electron chi connectivity index (χ0n) is 11.8. The summed E-state index contributed by atoms with van der Waals surface area (Å²) in [6.45, 7) is 0.803. The first-order chi connectivity index (χ1) is 9.77. The maximum absolute atomic E-state index is 12.6. The second-order valence-electron chi connectivity index (χ2n) is 6.06. The Labute approximate surface area is 119 Å². The van der Waals surface area contributed by atoms with Crippen LogP contribution in [-0.2, 0) is 0 Å². The molecule has 2 fully saturated rings. The highest BCUT2D eigenvalue weighted by molar-refractivity contribution is 5.94. The fraction of sp³-hybridized carbons (Fsp3) is 0.733. The van der Waals surface area contributed by atoms with E-state index >= 15 is 0 Å². The summed E-state index contributed by atoms with van der Waals surface area (Å²) in [5.41, 5.74) is 0.627. The average molecular weight is 277 g/mol. The fourth-order valence-corrected chi connectivity index (χ4v) is 3.78. The van der Waals surface area contributed by atoms with Gasteiger partial charge < -0.3 is 10.0 Å². The van der Waals surface area contributed by atoms with Crippen molar-refractivity contribution in [1.29, 1.82) is 0 Å². The lowest BCUT2D eigenvalue weighted by molar-refractivity contribution is -0.00127. The number of carbonyl (C=O) groups excluding carboxylic acids is 1. The number of hydrogen-bond acceptors (Lipinski definition) is 3. The van der Waals surface area contributed by atoms with Gasteiger partial charge in [-0.15, -0.1) is 0 Å². The third kappa shape index (κ3) is 2.59. The number of aromatic amines is 1. The van der Waals surface area contributed by atoms with Gasteiger partial charge in [0.05, 0.1) is 17.9 Å². The molecule has 20 heavy (non-hydrogen) atoms. The Morgan fingerprint density at radius 1 is 1.25 bits per heavy atom. The Hall–Kier alpha value is -1.36. The first-order valence-corrected chi connectivity index (χ1v) is 7.75. The van der Waals surface area contributed by atoms with Crippen LogP contribution in [0.2, 0.25) is 0 Å². The van der Waals surface area contributed by atoms with Crippen LogP contribution in [0.4, 0.5) is 0 Å². The lowest BCUT2D eigenvalue weighted by Gasteiger charge is -2.43. The summed E-state index contributed by atoms with van der Waals surface area (Å²) in [4.78, 5) is 14.6. The van der Waals surface area contributed by atoms with Crippen molar-refractivity contribution in [3.8, 4) is 0 Å². The Balaban J connectivity index is 1.78. The van der Waals surface area contributed by atoms with E-state index in [4.69, 9.17) is 0 Å². The van der Waals surface area contributed by atoms with Crippen LogP contribution in [0.5, 0.6) is 0 Å². The van der Waals surface area contributed by atoms with Crippen molar-refractivity contribution in [3.05, 3.63) is 18.0 Å². The van der Waals surface area contributed by atoms with Gasteiger partial charge in [0, 0.05) is 24.7 Å². The zero-order chi connectivity index (χ0) is 13.9. The van der Waals surface area contributed by atoms with E-state index in [-0.39, 0.29) is 24.0 Å². The molecule has 1 saturated carbocycles. The van der Waals surface area contributed by atoms with Gasteiger partial charge in [0.2, 0.25) is 0 Å². The van der Waals surface area contributed by atoms with E-state index < -0.39 is 0 Å². The van der Waals surface area contributed by atoms with E-state index in [0.29, 0.717) is 5.56 Å². The molecule has 0 spiro atoms. The molecule has 1 aliphatic carbocycles. The molecule has 1 aromatic rings. The highest BCUT2D eigenvalue weighted by Gasteiger charge is 2.37. The summed E-state index contributed by atoms with van der Waals surface area (Å²) >= 11 is 0. The van der Waals surface area contributed by atoms with Crippen molar-refractivity contribution < 1.29 is 9.90 Å². The average Bonchev–Trinajstić information content (AvgIpc) is 3.01. The Morgan fingerprint density at radius 3 is 2.80 bits per heavy atom. The van der Waals surface area contributed by atoms with Gasteiger partial charge in [-0.3, -0.25) is 9.89 Å². The quantitative estimate of drug-likeness (QED) is 0.868. The van der Waals surface area contributed by atoms with Crippen LogP contribution in [0, 0.1) is 5.92 Å². The van der Waals surface area contributed by atoms with Crippen LogP contribution in [0.25, 0.3) is 0 Å². The second kappa shape index (κ2) is 5.95. The van der Waals surface area contributed by atoms with Gasteiger partial charge in [0.15, 0.2) is 0 Å². The standard InChI is InChI=1S/C15H23N3O2/c19-14-7-2-1-5-12(14)13-6-3-4-8-18(13)15(20)11-9-16-17-10-11/h9-10,12-14,19H,1-8H2,(H,16,17). The molecular weight excluding hydrogens is 254 g/mol. The van der Waals surface area contributed by atoms with Crippen molar-refractivity contribution in [2.45, 2.75) is 57.1 Å². The first-order valence-electron chi connectivity index (χ1n) is 7.75. The Bertz CT molecular complexity index is 446. The molecule has 2 aliphatic rings. The van der Waals surface area contributed by atoms with Crippen molar-refractivity contribution in [2.75, 3.05) is 6.54 Å². The van der Waals surface area contributed by atoms with Crippen LogP contribution in [-0.4, -0.2) is 44.8 Å². The summed E-state index contributed by atoms with van der Waals surface area (Å²) in [7, 11) is 0. The third-order valence-corrected chi connectivity index (χ3v) is 4.83. The van der Waals surface area contributed by atoms with Crippen LogP contribution < -0.4 is 0 Å². The number of rotatable bonds is 2. The summed E-state index contributed by atoms with van der Waals surface area (Å²) in [6, 6.07) is 0.196. The number of hydrogen-bond donors (Lipinski definition) is 2. The van der Waals surface area contributed by atoms with Crippen molar-refractivity contribution in [3.63, 3.8) is 0 Å².